The molecule has 0 aromatic heterocycles. The third-order valence-electron chi connectivity index (χ3n) is 4.82. The highest BCUT2D eigenvalue weighted by Gasteiger charge is 2.35. The van der Waals surface area contributed by atoms with Gasteiger partial charge in [-0.05, 0) is 36.2 Å². The monoisotopic (exact) mass is 365 g/mol. The molecule has 4 rings (SSSR count). The van der Waals surface area contributed by atoms with Gasteiger partial charge in [-0.15, -0.1) is 0 Å². The Kier molecular flexibility index (Phi) is 4.27. The van der Waals surface area contributed by atoms with Crippen LogP contribution < -0.4 is 15.4 Å². The Balaban J connectivity index is 1.68. The van der Waals surface area contributed by atoms with E-state index in [0.717, 1.165) is 11.1 Å². The van der Waals surface area contributed by atoms with E-state index in [-0.39, 0.29) is 24.3 Å². The lowest BCUT2D eigenvalue weighted by molar-refractivity contribution is -0.128. The molecule has 1 saturated heterocycles. The summed E-state index contributed by atoms with van der Waals surface area (Å²) >= 11 is 0. The van der Waals surface area contributed by atoms with Crippen LogP contribution in [0.2, 0.25) is 0 Å². The van der Waals surface area contributed by atoms with Crippen LogP contribution in [0.15, 0.2) is 42.5 Å². The second-order valence-corrected chi connectivity index (χ2v) is 6.60. The third kappa shape index (κ3) is 3.12. The van der Waals surface area contributed by atoms with E-state index in [1.54, 1.807) is 23.1 Å². The highest BCUT2D eigenvalue weighted by Crippen LogP contribution is 2.31. The van der Waals surface area contributed by atoms with Crippen molar-refractivity contribution >= 4 is 23.4 Å². The highest BCUT2D eigenvalue weighted by molar-refractivity contribution is 6.01. The van der Waals surface area contributed by atoms with Crippen molar-refractivity contribution in [3.05, 3.63) is 59.2 Å². The Morgan fingerprint density at radius 1 is 1.19 bits per heavy atom. The molecule has 0 aliphatic carbocycles. The standard InChI is InChI=1S/C20H19N3O4/c1-12-4-2-3-5-14(12)18-19(25)21-8-9-23(18)20(26)13-6-7-15-16(10-13)27-11-17(24)22-15/h2-7,10,18H,8-9,11H2,1H3,(H,21,25)(H,22,24). The minimum Gasteiger partial charge on any atom is -0.482 e. The minimum absolute atomic E-state index is 0.0808. The fourth-order valence-corrected chi connectivity index (χ4v) is 3.46. The zero-order valence-electron chi connectivity index (χ0n) is 14.8. The Labute approximate surface area is 156 Å². The molecule has 7 nitrogen and oxygen atoms in total. The molecule has 2 N–H and O–H groups in total. The van der Waals surface area contributed by atoms with E-state index < -0.39 is 6.04 Å². The Morgan fingerprint density at radius 2 is 2.00 bits per heavy atom. The Bertz CT molecular complexity index is 941. The second-order valence-electron chi connectivity index (χ2n) is 6.60. The summed E-state index contributed by atoms with van der Waals surface area (Å²) < 4.78 is 5.40. The lowest BCUT2D eigenvalue weighted by Gasteiger charge is -2.36. The predicted molar refractivity (Wildman–Crippen MR) is 98.5 cm³/mol. The van der Waals surface area contributed by atoms with E-state index in [9.17, 15) is 14.4 Å². The zero-order chi connectivity index (χ0) is 19.0. The van der Waals surface area contributed by atoms with Crippen LogP contribution in [0.5, 0.6) is 5.75 Å². The van der Waals surface area contributed by atoms with Crippen LogP contribution >= 0.6 is 0 Å². The van der Waals surface area contributed by atoms with Crippen LogP contribution in [0.4, 0.5) is 5.69 Å². The van der Waals surface area contributed by atoms with E-state index in [1.807, 2.05) is 31.2 Å². The topological polar surface area (TPSA) is 87.7 Å². The smallest absolute Gasteiger partial charge is 0.262 e. The summed E-state index contributed by atoms with van der Waals surface area (Å²) in [6.07, 6.45) is 0. The molecule has 27 heavy (non-hydrogen) atoms. The normalized spacial score (nSPS) is 18.9. The number of nitrogens with zero attached hydrogens (tertiary/aromatic N) is 1. The van der Waals surface area contributed by atoms with Gasteiger partial charge in [-0.2, -0.15) is 0 Å². The van der Waals surface area contributed by atoms with Gasteiger partial charge in [0.05, 0.1) is 5.69 Å². The summed E-state index contributed by atoms with van der Waals surface area (Å²) in [6, 6.07) is 11.8. The fraction of sp³-hybridized carbons (Fsp3) is 0.250. The number of hydrogen-bond acceptors (Lipinski definition) is 4. The van der Waals surface area contributed by atoms with E-state index in [4.69, 9.17) is 4.74 Å². The first kappa shape index (κ1) is 17.1. The van der Waals surface area contributed by atoms with Gasteiger partial charge in [0.25, 0.3) is 11.8 Å². The summed E-state index contributed by atoms with van der Waals surface area (Å²) in [5.41, 5.74) is 2.71. The molecule has 3 amide bonds. The number of benzene rings is 2. The molecule has 1 unspecified atom stereocenters. The van der Waals surface area contributed by atoms with Crippen LogP contribution in [-0.4, -0.2) is 42.3 Å². The van der Waals surface area contributed by atoms with Gasteiger partial charge in [-0.1, -0.05) is 24.3 Å². The molecule has 0 saturated carbocycles. The molecule has 7 heteroatoms. The van der Waals surface area contributed by atoms with Crippen molar-refractivity contribution in [1.29, 1.82) is 0 Å². The number of ether oxygens (including phenoxy) is 1. The first-order valence-corrected chi connectivity index (χ1v) is 8.75. The number of nitrogens with one attached hydrogen (secondary N) is 2. The van der Waals surface area contributed by atoms with Crippen LogP contribution in [0, 0.1) is 6.92 Å². The van der Waals surface area contributed by atoms with Crippen LogP contribution in [-0.2, 0) is 9.59 Å². The van der Waals surface area contributed by atoms with Crippen LogP contribution in [0.3, 0.4) is 0 Å². The number of rotatable bonds is 2. The number of anilines is 1. The first-order valence-electron chi connectivity index (χ1n) is 8.75. The van der Waals surface area contributed by atoms with E-state index in [2.05, 4.69) is 10.6 Å². The van der Waals surface area contributed by atoms with Gasteiger partial charge in [0.1, 0.15) is 11.8 Å². The van der Waals surface area contributed by atoms with Crippen molar-refractivity contribution in [2.45, 2.75) is 13.0 Å². The number of fused-ring (bicyclic) bond motifs is 1. The van der Waals surface area contributed by atoms with Crippen molar-refractivity contribution in [2.75, 3.05) is 25.0 Å². The van der Waals surface area contributed by atoms with E-state index >= 15 is 0 Å². The molecule has 138 valence electrons. The average Bonchev–Trinajstić information content (AvgIpc) is 2.67. The Morgan fingerprint density at radius 3 is 2.81 bits per heavy atom. The van der Waals surface area contributed by atoms with Crippen molar-refractivity contribution < 1.29 is 19.1 Å². The summed E-state index contributed by atoms with van der Waals surface area (Å²) in [5, 5.41) is 5.55. The van der Waals surface area contributed by atoms with Crippen molar-refractivity contribution in [2.24, 2.45) is 0 Å². The number of amides is 3. The number of carbonyl (C=O) groups is 3. The summed E-state index contributed by atoms with van der Waals surface area (Å²) in [7, 11) is 0. The molecule has 2 aliphatic heterocycles. The molecule has 0 spiro atoms. The molecule has 2 aromatic carbocycles. The van der Waals surface area contributed by atoms with Gasteiger partial charge >= 0.3 is 0 Å². The predicted octanol–water partition coefficient (Wildman–Crippen LogP) is 1.64. The Hall–Kier alpha value is -3.35. The number of piperazine rings is 1. The lowest BCUT2D eigenvalue weighted by atomic mass is 9.97. The SMILES string of the molecule is Cc1ccccc1C1C(=O)NCCN1C(=O)c1ccc2c(c1)OCC(=O)N2. The van der Waals surface area contributed by atoms with Gasteiger partial charge in [0, 0.05) is 18.7 Å². The maximum atomic E-state index is 13.2. The number of hydrogen-bond donors (Lipinski definition) is 2. The first-order chi connectivity index (χ1) is 13.0. The maximum absolute atomic E-state index is 13.2. The minimum atomic E-state index is -0.677. The number of aryl methyl sites for hydroxylation is 1. The summed E-state index contributed by atoms with van der Waals surface area (Å²) in [5.74, 6) is -0.213. The zero-order valence-corrected chi connectivity index (χ0v) is 14.8. The summed E-state index contributed by atoms with van der Waals surface area (Å²) in [4.78, 5) is 38.8. The van der Waals surface area contributed by atoms with Crippen molar-refractivity contribution in [3.63, 3.8) is 0 Å². The van der Waals surface area contributed by atoms with Crippen LogP contribution in [0.25, 0.3) is 0 Å². The summed E-state index contributed by atoms with van der Waals surface area (Å²) in [6.45, 7) is 2.67. The van der Waals surface area contributed by atoms with Gasteiger partial charge in [0.2, 0.25) is 5.91 Å². The molecular formula is C20H19N3O4. The largest absolute Gasteiger partial charge is 0.482 e. The highest BCUT2D eigenvalue weighted by atomic mass is 16.5. The molecule has 0 bridgehead atoms. The fourth-order valence-electron chi connectivity index (χ4n) is 3.46. The van der Waals surface area contributed by atoms with Gasteiger partial charge in [0.15, 0.2) is 6.61 Å². The molecule has 2 aliphatic rings. The van der Waals surface area contributed by atoms with E-state index in [0.29, 0.717) is 30.1 Å². The molecule has 1 atom stereocenters. The third-order valence-corrected chi connectivity index (χ3v) is 4.82. The van der Waals surface area contributed by atoms with Gasteiger partial charge in [-0.25, -0.2) is 0 Å². The molecule has 0 radical (unpaired) electrons. The number of carbonyl (C=O) groups excluding carboxylic acids is 3. The van der Waals surface area contributed by atoms with Crippen molar-refractivity contribution in [1.82, 2.24) is 10.2 Å². The molecular weight excluding hydrogens is 346 g/mol. The van der Waals surface area contributed by atoms with Crippen molar-refractivity contribution in [3.8, 4) is 5.75 Å². The second kappa shape index (κ2) is 6.75. The molecule has 2 heterocycles. The van der Waals surface area contributed by atoms with E-state index in [1.165, 1.54) is 0 Å². The van der Waals surface area contributed by atoms with Crippen LogP contribution in [0.1, 0.15) is 27.5 Å². The quantitative estimate of drug-likeness (QED) is 0.847. The maximum Gasteiger partial charge on any atom is 0.262 e. The average molecular weight is 365 g/mol. The lowest BCUT2D eigenvalue weighted by Crippen LogP contribution is -2.52. The van der Waals surface area contributed by atoms with Gasteiger partial charge < -0.3 is 20.3 Å². The molecule has 2 aromatic rings. The molecule has 1 fully saturated rings. The van der Waals surface area contributed by atoms with Gasteiger partial charge in [-0.3, -0.25) is 14.4 Å².